The van der Waals surface area contributed by atoms with Gasteiger partial charge in [-0.05, 0) is 43.7 Å². The van der Waals surface area contributed by atoms with Crippen molar-refractivity contribution >= 4 is 11.7 Å². The summed E-state index contributed by atoms with van der Waals surface area (Å²) in [5, 5.41) is 11.8. The highest BCUT2D eigenvalue weighted by atomic mass is 16.1. The molecule has 0 radical (unpaired) electrons. The second kappa shape index (κ2) is 5.71. The second-order valence-corrected chi connectivity index (χ2v) is 6.68. The van der Waals surface area contributed by atoms with Crippen LogP contribution in [0.3, 0.4) is 0 Å². The number of rotatable bonds is 4. The maximum absolute atomic E-state index is 12.0. The number of anilines is 1. The van der Waals surface area contributed by atoms with E-state index in [1.165, 1.54) is 17.7 Å². The van der Waals surface area contributed by atoms with Gasteiger partial charge in [0.25, 0.3) is 0 Å². The third kappa shape index (κ3) is 2.60. The zero-order chi connectivity index (χ0) is 14.9. The first kappa shape index (κ1) is 13.7. The molecule has 5 nitrogen and oxygen atoms in total. The Morgan fingerprint density at radius 1 is 1.23 bits per heavy atom. The molecule has 2 aliphatic carbocycles. The van der Waals surface area contributed by atoms with Gasteiger partial charge in [-0.3, -0.25) is 4.79 Å². The minimum atomic E-state index is 0.166. The zero-order valence-electron chi connectivity index (χ0n) is 12.8. The molecule has 5 heteroatoms. The molecule has 3 aliphatic rings. The van der Waals surface area contributed by atoms with Gasteiger partial charge in [-0.2, -0.15) is 5.10 Å². The molecule has 1 N–H and O–H groups in total. The summed E-state index contributed by atoms with van der Waals surface area (Å²) in [5.74, 6) is 1.91. The molecule has 0 bridgehead atoms. The van der Waals surface area contributed by atoms with Gasteiger partial charge in [0.2, 0.25) is 5.91 Å². The molecule has 1 fully saturated rings. The van der Waals surface area contributed by atoms with Gasteiger partial charge >= 0.3 is 0 Å². The normalized spacial score (nSPS) is 21.0. The third-order valence-corrected chi connectivity index (χ3v) is 5.03. The van der Waals surface area contributed by atoms with Crippen LogP contribution in [0.15, 0.2) is 18.2 Å². The summed E-state index contributed by atoms with van der Waals surface area (Å²) in [6, 6.07) is 2.20. The summed E-state index contributed by atoms with van der Waals surface area (Å²) in [7, 11) is 0. The monoisotopic (exact) mass is 298 g/mol. The number of aromatic nitrogens is 2. The van der Waals surface area contributed by atoms with Crippen LogP contribution in [0.2, 0.25) is 0 Å². The summed E-state index contributed by atoms with van der Waals surface area (Å²) >= 11 is 0. The van der Waals surface area contributed by atoms with E-state index in [1.807, 2.05) is 0 Å². The van der Waals surface area contributed by atoms with E-state index in [4.69, 9.17) is 0 Å². The van der Waals surface area contributed by atoms with Crippen LogP contribution in [0, 0.1) is 11.8 Å². The predicted octanol–water partition coefficient (Wildman–Crippen LogP) is 1.48. The van der Waals surface area contributed by atoms with Crippen LogP contribution in [0.25, 0.3) is 0 Å². The molecule has 1 amide bonds. The first-order chi connectivity index (χ1) is 10.8. The number of aryl methyl sites for hydroxylation is 2. The molecule has 4 rings (SSSR count). The van der Waals surface area contributed by atoms with Gasteiger partial charge in [0.05, 0.1) is 5.69 Å². The van der Waals surface area contributed by atoms with Crippen molar-refractivity contribution in [1.29, 1.82) is 0 Å². The van der Waals surface area contributed by atoms with Crippen LogP contribution in [0.1, 0.15) is 30.5 Å². The Morgan fingerprint density at radius 3 is 2.86 bits per heavy atom. The molecular formula is C17H22N4O. The Morgan fingerprint density at radius 2 is 2.05 bits per heavy atom. The maximum atomic E-state index is 12.0. The maximum Gasteiger partial charge on any atom is 0.223 e. The first-order valence-corrected chi connectivity index (χ1v) is 8.33. The van der Waals surface area contributed by atoms with Crippen LogP contribution < -0.4 is 10.2 Å². The van der Waals surface area contributed by atoms with E-state index in [1.54, 1.807) is 0 Å². The van der Waals surface area contributed by atoms with E-state index in [0.717, 1.165) is 51.1 Å². The fraction of sp³-hybridized carbons (Fsp3) is 0.588. The lowest BCUT2D eigenvalue weighted by Crippen LogP contribution is -2.52. The zero-order valence-corrected chi connectivity index (χ0v) is 12.8. The topological polar surface area (TPSA) is 58.1 Å². The summed E-state index contributed by atoms with van der Waals surface area (Å²) in [6.45, 7) is 2.72. The molecule has 2 heterocycles. The lowest BCUT2D eigenvalue weighted by molar-refractivity contribution is -0.124. The Labute approximate surface area is 130 Å². The second-order valence-electron chi connectivity index (χ2n) is 6.68. The lowest BCUT2D eigenvalue weighted by atomic mass is 9.99. The quantitative estimate of drug-likeness (QED) is 0.856. The van der Waals surface area contributed by atoms with Gasteiger partial charge in [0, 0.05) is 31.5 Å². The SMILES string of the molecule is O=C(NCC1CN(c2cc3c(nn2)CCC3)C1)C1CC=CC1. The van der Waals surface area contributed by atoms with Crippen LogP contribution in [-0.2, 0) is 17.6 Å². The molecule has 116 valence electrons. The number of nitrogens with zero attached hydrogens (tertiary/aromatic N) is 3. The number of nitrogens with one attached hydrogen (secondary N) is 1. The van der Waals surface area contributed by atoms with Crippen molar-refractivity contribution in [3.63, 3.8) is 0 Å². The van der Waals surface area contributed by atoms with Gasteiger partial charge < -0.3 is 10.2 Å². The van der Waals surface area contributed by atoms with E-state index in [2.05, 4.69) is 38.6 Å². The summed E-state index contributed by atoms with van der Waals surface area (Å²) in [4.78, 5) is 14.2. The molecular weight excluding hydrogens is 276 g/mol. The molecule has 1 aliphatic heterocycles. The highest BCUT2D eigenvalue weighted by molar-refractivity contribution is 5.79. The van der Waals surface area contributed by atoms with Crippen LogP contribution in [-0.4, -0.2) is 35.7 Å². The van der Waals surface area contributed by atoms with Gasteiger partial charge in [-0.15, -0.1) is 5.10 Å². The van der Waals surface area contributed by atoms with Crippen molar-refractivity contribution in [3.8, 4) is 0 Å². The molecule has 1 aromatic heterocycles. The minimum absolute atomic E-state index is 0.166. The molecule has 22 heavy (non-hydrogen) atoms. The van der Waals surface area contributed by atoms with Crippen LogP contribution in [0.5, 0.6) is 0 Å². The number of hydrogen-bond acceptors (Lipinski definition) is 4. The van der Waals surface area contributed by atoms with Crippen molar-refractivity contribution in [2.45, 2.75) is 32.1 Å². The van der Waals surface area contributed by atoms with E-state index < -0.39 is 0 Å². The highest BCUT2D eigenvalue weighted by Gasteiger charge is 2.30. The fourth-order valence-corrected chi connectivity index (χ4v) is 3.58. The van der Waals surface area contributed by atoms with Crippen LogP contribution >= 0.6 is 0 Å². The van der Waals surface area contributed by atoms with Gasteiger partial charge in [-0.1, -0.05) is 12.2 Å². The van der Waals surface area contributed by atoms with Crippen molar-refractivity contribution in [3.05, 3.63) is 29.5 Å². The van der Waals surface area contributed by atoms with Crippen LogP contribution in [0.4, 0.5) is 5.82 Å². The number of allylic oxidation sites excluding steroid dienone is 2. The van der Waals surface area contributed by atoms with Crippen molar-refractivity contribution < 1.29 is 4.79 Å². The molecule has 0 saturated carbocycles. The molecule has 1 saturated heterocycles. The summed E-state index contributed by atoms with van der Waals surface area (Å²) < 4.78 is 0. The van der Waals surface area contributed by atoms with E-state index in [0.29, 0.717) is 5.92 Å². The fourth-order valence-electron chi connectivity index (χ4n) is 3.58. The minimum Gasteiger partial charge on any atom is -0.355 e. The van der Waals surface area contributed by atoms with Crippen molar-refractivity contribution in [2.24, 2.45) is 11.8 Å². The number of carbonyl (C=O) groups excluding carboxylic acids is 1. The highest BCUT2D eigenvalue weighted by Crippen LogP contribution is 2.27. The standard InChI is InChI=1S/C17H22N4O/c22-17(13-4-1-2-5-13)18-9-12-10-21(11-12)16-8-14-6-3-7-15(14)19-20-16/h1-2,8,12-13H,3-7,9-11H2,(H,18,22). The molecule has 0 unspecified atom stereocenters. The Hall–Kier alpha value is -1.91. The number of fused-ring (bicyclic) bond motifs is 1. The average molecular weight is 298 g/mol. The first-order valence-electron chi connectivity index (χ1n) is 8.33. The molecule has 1 aromatic rings. The van der Waals surface area contributed by atoms with Gasteiger partial charge in [0.1, 0.15) is 0 Å². The molecule has 0 aromatic carbocycles. The summed E-state index contributed by atoms with van der Waals surface area (Å²) in [5.41, 5.74) is 2.55. The Bertz CT molecular complexity index is 599. The molecule has 0 atom stereocenters. The van der Waals surface area contributed by atoms with Gasteiger partial charge in [0.15, 0.2) is 5.82 Å². The van der Waals surface area contributed by atoms with Crippen molar-refractivity contribution in [1.82, 2.24) is 15.5 Å². The van der Waals surface area contributed by atoms with Crippen molar-refractivity contribution in [2.75, 3.05) is 24.5 Å². The third-order valence-electron chi connectivity index (χ3n) is 5.03. The van der Waals surface area contributed by atoms with E-state index >= 15 is 0 Å². The Kier molecular flexibility index (Phi) is 3.56. The number of carbonyl (C=O) groups is 1. The smallest absolute Gasteiger partial charge is 0.223 e. The molecule has 0 spiro atoms. The van der Waals surface area contributed by atoms with E-state index in [9.17, 15) is 4.79 Å². The number of hydrogen-bond donors (Lipinski definition) is 1. The predicted molar refractivity (Wildman–Crippen MR) is 84.6 cm³/mol. The average Bonchev–Trinajstić information content (AvgIpc) is 3.16. The number of amides is 1. The summed E-state index contributed by atoms with van der Waals surface area (Å²) in [6.07, 6.45) is 9.41. The lowest BCUT2D eigenvalue weighted by Gasteiger charge is -2.40. The largest absolute Gasteiger partial charge is 0.355 e. The Balaban J connectivity index is 1.25. The van der Waals surface area contributed by atoms with E-state index in [-0.39, 0.29) is 11.8 Å². The van der Waals surface area contributed by atoms with Gasteiger partial charge in [-0.25, -0.2) is 0 Å².